The van der Waals surface area contributed by atoms with Gasteiger partial charge in [0.15, 0.2) is 0 Å². The molecule has 6 nitrogen and oxygen atoms in total. The monoisotopic (exact) mass is 361 g/mol. The Bertz CT molecular complexity index is 1060. The minimum absolute atomic E-state index is 0.0282. The van der Waals surface area contributed by atoms with Crippen LogP contribution < -0.4 is 5.56 Å². The average Bonchev–Trinajstić information content (AvgIpc) is 3.45. The first-order valence-electron chi connectivity index (χ1n) is 9.72. The van der Waals surface area contributed by atoms with Crippen LogP contribution in [-0.4, -0.2) is 31.0 Å². The maximum Gasteiger partial charge on any atom is 0.261 e. The van der Waals surface area contributed by atoms with E-state index in [0.717, 1.165) is 48.8 Å². The molecule has 2 aliphatic rings. The summed E-state index contributed by atoms with van der Waals surface area (Å²) >= 11 is 0. The van der Waals surface area contributed by atoms with E-state index in [0.29, 0.717) is 11.3 Å². The van der Waals surface area contributed by atoms with Gasteiger partial charge in [-0.15, -0.1) is 0 Å². The SMILES string of the molecule is Cn1c(C2CCCN2Cc2ccnc(C3CC3)n2)nc2ccccc2c1=O. The molecule has 1 atom stereocenters. The fraction of sp³-hybridized carbons (Fsp3) is 0.429. The third kappa shape index (κ3) is 3.04. The molecule has 2 aromatic heterocycles. The van der Waals surface area contributed by atoms with Gasteiger partial charge in [-0.1, -0.05) is 12.1 Å². The van der Waals surface area contributed by atoms with Gasteiger partial charge in [-0.05, 0) is 50.4 Å². The number of likely N-dealkylation sites (tertiary alicyclic amines) is 1. The van der Waals surface area contributed by atoms with Crippen LogP contribution in [0.25, 0.3) is 10.9 Å². The highest BCUT2D eigenvalue weighted by atomic mass is 16.1. The highest BCUT2D eigenvalue weighted by molar-refractivity contribution is 5.77. The number of fused-ring (bicyclic) bond motifs is 1. The van der Waals surface area contributed by atoms with E-state index in [1.165, 1.54) is 12.8 Å². The van der Waals surface area contributed by atoms with Gasteiger partial charge in [-0.2, -0.15) is 0 Å². The van der Waals surface area contributed by atoms with E-state index < -0.39 is 0 Å². The summed E-state index contributed by atoms with van der Waals surface area (Å²) < 4.78 is 1.72. The minimum Gasteiger partial charge on any atom is -0.298 e. The summed E-state index contributed by atoms with van der Waals surface area (Å²) in [4.78, 5) is 29.2. The molecule has 1 saturated heterocycles. The van der Waals surface area contributed by atoms with Crippen molar-refractivity contribution >= 4 is 10.9 Å². The quantitative estimate of drug-likeness (QED) is 0.715. The Kier molecular flexibility index (Phi) is 4.01. The lowest BCUT2D eigenvalue weighted by molar-refractivity contribution is 0.232. The van der Waals surface area contributed by atoms with E-state index in [4.69, 9.17) is 9.97 Å². The van der Waals surface area contributed by atoms with Crippen molar-refractivity contribution in [3.8, 4) is 0 Å². The van der Waals surface area contributed by atoms with Gasteiger partial charge in [0.2, 0.25) is 0 Å². The van der Waals surface area contributed by atoms with Crippen LogP contribution in [0.3, 0.4) is 0 Å². The Morgan fingerprint density at radius 1 is 1.11 bits per heavy atom. The van der Waals surface area contributed by atoms with Crippen LogP contribution in [0.15, 0.2) is 41.3 Å². The molecule has 1 aliphatic heterocycles. The summed E-state index contributed by atoms with van der Waals surface area (Å²) in [6.45, 7) is 1.77. The van der Waals surface area contributed by atoms with Crippen molar-refractivity contribution in [1.82, 2.24) is 24.4 Å². The molecular weight excluding hydrogens is 338 g/mol. The number of benzene rings is 1. The fourth-order valence-electron chi connectivity index (χ4n) is 4.09. The Balaban J connectivity index is 1.48. The second-order valence-electron chi connectivity index (χ2n) is 7.66. The topological polar surface area (TPSA) is 63.9 Å². The van der Waals surface area contributed by atoms with E-state index in [-0.39, 0.29) is 11.6 Å². The maximum absolute atomic E-state index is 12.8. The molecule has 3 aromatic rings. The molecule has 0 N–H and O–H groups in total. The second-order valence-corrected chi connectivity index (χ2v) is 7.66. The standard InChI is InChI=1S/C21H23N5O/c1-25-20(24-17-6-3-2-5-16(17)21(25)27)18-7-4-12-26(18)13-15-10-11-22-19(23-15)14-8-9-14/h2-3,5-6,10-11,14,18H,4,7-9,12-13H2,1H3. The van der Waals surface area contributed by atoms with Crippen LogP contribution >= 0.6 is 0 Å². The predicted molar refractivity (Wildman–Crippen MR) is 103 cm³/mol. The minimum atomic E-state index is 0.0282. The molecule has 1 aromatic carbocycles. The zero-order chi connectivity index (χ0) is 18.4. The third-order valence-electron chi connectivity index (χ3n) is 5.72. The van der Waals surface area contributed by atoms with Gasteiger partial charge in [-0.25, -0.2) is 15.0 Å². The molecule has 1 saturated carbocycles. The van der Waals surface area contributed by atoms with Crippen molar-refractivity contribution in [3.05, 3.63) is 64.2 Å². The fourth-order valence-corrected chi connectivity index (χ4v) is 4.09. The lowest BCUT2D eigenvalue weighted by Crippen LogP contribution is -2.30. The van der Waals surface area contributed by atoms with Crippen molar-refractivity contribution in [1.29, 1.82) is 0 Å². The first-order valence-corrected chi connectivity index (χ1v) is 9.72. The molecule has 6 heteroatoms. The molecule has 1 aliphatic carbocycles. The smallest absolute Gasteiger partial charge is 0.261 e. The first kappa shape index (κ1) is 16.6. The van der Waals surface area contributed by atoms with Crippen LogP contribution in [0.1, 0.15) is 55.0 Å². The van der Waals surface area contributed by atoms with Crippen molar-refractivity contribution in [2.45, 2.75) is 44.2 Å². The summed E-state index contributed by atoms with van der Waals surface area (Å²) in [6.07, 6.45) is 6.41. The first-order chi connectivity index (χ1) is 13.2. The summed E-state index contributed by atoms with van der Waals surface area (Å²) in [5, 5.41) is 0.679. The van der Waals surface area contributed by atoms with Crippen LogP contribution in [0, 0.1) is 0 Å². The zero-order valence-electron chi connectivity index (χ0n) is 15.5. The highest BCUT2D eigenvalue weighted by Gasteiger charge is 2.31. The van der Waals surface area contributed by atoms with E-state index in [1.807, 2.05) is 43.6 Å². The van der Waals surface area contributed by atoms with Gasteiger partial charge in [0, 0.05) is 25.7 Å². The van der Waals surface area contributed by atoms with Crippen LogP contribution in [0.2, 0.25) is 0 Å². The van der Waals surface area contributed by atoms with E-state index in [1.54, 1.807) is 4.57 Å². The van der Waals surface area contributed by atoms with E-state index >= 15 is 0 Å². The van der Waals surface area contributed by atoms with Gasteiger partial charge in [0.1, 0.15) is 11.6 Å². The third-order valence-corrected chi connectivity index (χ3v) is 5.72. The average molecular weight is 361 g/mol. The molecule has 5 rings (SSSR count). The number of hydrogen-bond acceptors (Lipinski definition) is 5. The Labute approximate surface area is 157 Å². The predicted octanol–water partition coefficient (Wildman–Crippen LogP) is 2.94. The number of para-hydroxylation sites is 1. The molecule has 3 heterocycles. The van der Waals surface area contributed by atoms with Gasteiger partial charge in [0.25, 0.3) is 5.56 Å². The van der Waals surface area contributed by atoms with Gasteiger partial charge < -0.3 is 0 Å². The molecule has 0 amide bonds. The van der Waals surface area contributed by atoms with Crippen molar-refractivity contribution in [3.63, 3.8) is 0 Å². The van der Waals surface area contributed by atoms with Crippen LogP contribution in [-0.2, 0) is 13.6 Å². The molecule has 27 heavy (non-hydrogen) atoms. The van der Waals surface area contributed by atoms with Crippen molar-refractivity contribution < 1.29 is 0 Å². The summed E-state index contributed by atoms with van der Waals surface area (Å²) in [7, 11) is 1.84. The van der Waals surface area contributed by atoms with Gasteiger partial charge in [-0.3, -0.25) is 14.3 Å². The Hall–Kier alpha value is -2.60. The lowest BCUT2D eigenvalue weighted by atomic mass is 10.1. The normalized spacial score (nSPS) is 20.4. The van der Waals surface area contributed by atoms with Gasteiger partial charge in [0.05, 0.1) is 22.6 Å². The Morgan fingerprint density at radius 2 is 1.96 bits per heavy atom. The van der Waals surface area contributed by atoms with Gasteiger partial charge >= 0.3 is 0 Å². The highest BCUT2D eigenvalue weighted by Crippen LogP contribution is 2.38. The summed E-state index contributed by atoms with van der Waals surface area (Å²) in [5.74, 6) is 2.40. The zero-order valence-corrected chi connectivity index (χ0v) is 15.5. The molecule has 0 spiro atoms. The lowest BCUT2D eigenvalue weighted by Gasteiger charge is -2.25. The van der Waals surface area contributed by atoms with Crippen LogP contribution in [0.4, 0.5) is 0 Å². The Morgan fingerprint density at radius 3 is 2.81 bits per heavy atom. The van der Waals surface area contributed by atoms with Crippen molar-refractivity contribution in [2.24, 2.45) is 7.05 Å². The maximum atomic E-state index is 12.8. The molecule has 0 bridgehead atoms. The summed E-state index contributed by atoms with van der Waals surface area (Å²) in [6, 6.07) is 9.75. The number of aromatic nitrogens is 4. The number of rotatable bonds is 4. The molecule has 1 unspecified atom stereocenters. The molecular formula is C21H23N5O. The summed E-state index contributed by atoms with van der Waals surface area (Å²) in [5.41, 5.74) is 1.87. The van der Waals surface area contributed by atoms with Crippen LogP contribution in [0.5, 0.6) is 0 Å². The number of hydrogen-bond donors (Lipinski definition) is 0. The van der Waals surface area contributed by atoms with E-state index in [2.05, 4.69) is 9.88 Å². The number of nitrogens with zero attached hydrogens (tertiary/aromatic N) is 5. The largest absolute Gasteiger partial charge is 0.298 e. The molecule has 0 radical (unpaired) electrons. The van der Waals surface area contributed by atoms with E-state index in [9.17, 15) is 4.79 Å². The molecule has 138 valence electrons. The second kappa shape index (κ2) is 6.53. The molecule has 2 fully saturated rings. The van der Waals surface area contributed by atoms with Crippen molar-refractivity contribution in [2.75, 3.05) is 6.54 Å².